The van der Waals surface area contributed by atoms with Crippen LogP contribution in [0.3, 0.4) is 0 Å². The molecule has 2 fully saturated rings. The lowest BCUT2D eigenvalue weighted by Gasteiger charge is -2.38. The lowest BCUT2D eigenvalue weighted by atomic mass is 10.0. The quantitative estimate of drug-likeness (QED) is 0.721. The van der Waals surface area contributed by atoms with Crippen molar-refractivity contribution in [2.45, 2.75) is 44.9 Å². The van der Waals surface area contributed by atoms with Crippen LogP contribution in [0.1, 0.15) is 26.7 Å². The van der Waals surface area contributed by atoms with Gasteiger partial charge in [-0.1, -0.05) is 24.3 Å². The molecule has 6 heteroatoms. The average molecular weight is 369 g/mol. The van der Waals surface area contributed by atoms with Gasteiger partial charge in [-0.2, -0.15) is 0 Å². The van der Waals surface area contributed by atoms with Gasteiger partial charge in [0.25, 0.3) is 5.91 Å². The second-order valence-electron chi connectivity index (χ2n) is 7.96. The van der Waals surface area contributed by atoms with Crippen LogP contribution in [-0.4, -0.2) is 66.0 Å². The number of ether oxygens (including phenoxy) is 1. The number of fused-ring (bicyclic) bond motifs is 1. The van der Waals surface area contributed by atoms with E-state index < -0.39 is 5.92 Å². The van der Waals surface area contributed by atoms with Crippen molar-refractivity contribution in [3.8, 4) is 0 Å². The second kappa shape index (κ2) is 7.52. The molecule has 0 radical (unpaired) electrons. The third-order valence-corrected chi connectivity index (χ3v) is 5.67. The highest BCUT2D eigenvalue weighted by Crippen LogP contribution is 2.23. The second-order valence-corrected chi connectivity index (χ2v) is 7.96. The summed E-state index contributed by atoms with van der Waals surface area (Å²) in [4.78, 5) is 34.1. The molecule has 1 aromatic rings. The van der Waals surface area contributed by atoms with Crippen LogP contribution in [0.25, 0.3) is 6.08 Å². The van der Waals surface area contributed by atoms with Gasteiger partial charge in [0.2, 0.25) is 5.91 Å². The van der Waals surface area contributed by atoms with E-state index in [1.807, 2.05) is 29.2 Å². The fourth-order valence-electron chi connectivity index (χ4n) is 4.57. The lowest BCUT2D eigenvalue weighted by Crippen LogP contribution is -2.52. The molecule has 0 spiro atoms. The summed E-state index contributed by atoms with van der Waals surface area (Å²) >= 11 is 0. The van der Waals surface area contributed by atoms with Gasteiger partial charge in [0.1, 0.15) is 5.92 Å². The van der Waals surface area contributed by atoms with E-state index in [-0.39, 0.29) is 30.1 Å². The number of hydrogen-bond donors (Lipinski definition) is 0. The lowest BCUT2D eigenvalue weighted by molar-refractivity contribution is -0.139. The summed E-state index contributed by atoms with van der Waals surface area (Å²) in [7, 11) is 0. The van der Waals surface area contributed by atoms with Crippen LogP contribution >= 0.6 is 0 Å². The van der Waals surface area contributed by atoms with Crippen LogP contribution in [-0.2, 0) is 14.3 Å². The third kappa shape index (κ3) is 3.82. The van der Waals surface area contributed by atoms with Crippen LogP contribution < -0.4 is 10.6 Å². The van der Waals surface area contributed by atoms with E-state index in [9.17, 15) is 9.59 Å². The zero-order chi connectivity index (χ0) is 19.0. The Morgan fingerprint density at radius 1 is 1.22 bits per heavy atom. The Kier molecular flexibility index (Phi) is 5.10. The van der Waals surface area contributed by atoms with Gasteiger partial charge in [-0.25, -0.2) is 4.99 Å². The fourth-order valence-corrected chi connectivity index (χ4v) is 4.57. The largest absolute Gasteiger partial charge is 0.373 e. The highest BCUT2D eigenvalue weighted by Gasteiger charge is 2.37. The topological polar surface area (TPSA) is 62.2 Å². The Labute approximate surface area is 159 Å². The highest BCUT2D eigenvalue weighted by molar-refractivity contribution is 6.06. The first-order valence-corrected chi connectivity index (χ1v) is 9.89. The van der Waals surface area contributed by atoms with Crippen molar-refractivity contribution in [3.63, 3.8) is 0 Å². The Balaban J connectivity index is 1.49. The standard InChI is InChI=1S/C21H27N3O3/c1-14-11-23(12-15(2)27-14)13-17-7-5-9-24(17)21(26)18-10-16-6-3-4-8-19(16)22-20(18)25/h3-4,6,8,10,14-15,17-18H,5,7,9,11-13H2,1-2H3. The molecule has 1 aromatic carbocycles. The van der Waals surface area contributed by atoms with Gasteiger partial charge < -0.3 is 9.64 Å². The molecule has 4 atom stereocenters. The summed E-state index contributed by atoms with van der Waals surface area (Å²) in [6, 6.07) is 7.63. The molecule has 2 saturated heterocycles. The smallest absolute Gasteiger partial charge is 0.262 e. The first-order chi connectivity index (χ1) is 13.0. The molecule has 144 valence electrons. The van der Waals surface area contributed by atoms with Crippen molar-refractivity contribution in [3.05, 3.63) is 34.8 Å². The van der Waals surface area contributed by atoms with E-state index in [0.717, 1.165) is 44.2 Å². The maximum absolute atomic E-state index is 13.2. The van der Waals surface area contributed by atoms with Gasteiger partial charge in [0, 0.05) is 32.2 Å². The molecule has 0 saturated carbocycles. The molecule has 0 N–H and O–H groups in total. The predicted molar refractivity (Wildman–Crippen MR) is 101 cm³/mol. The van der Waals surface area contributed by atoms with Crippen molar-refractivity contribution in [2.75, 3.05) is 26.2 Å². The minimum absolute atomic E-state index is 0.102. The summed E-state index contributed by atoms with van der Waals surface area (Å²) in [5, 5.41) is 1.52. The maximum atomic E-state index is 13.2. The third-order valence-electron chi connectivity index (χ3n) is 5.67. The predicted octanol–water partition coefficient (Wildman–Crippen LogP) is 0.343. The zero-order valence-electron chi connectivity index (χ0n) is 16.0. The molecule has 6 nitrogen and oxygen atoms in total. The zero-order valence-corrected chi connectivity index (χ0v) is 16.0. The first-order valence-electron chi connectivity index (χ1n) is 9.89. The number of amides is 2. The van der Waals surface area contributed by atoms with E-state index in [0.29, 0.717) is 5.36 Å². The SMILES string of the molecule is CC1CN(CC2CCCN2C(=O)C2C=c3ccccc3=NC2=O)CC(C)O1. The number of carbonyl (C=O) groups excluding carboxylic acids is 2. The number of para-hydroxylation sites is 1. The number of morpholine rings is 1. The van der Waals surface area contributed by atoms with Crippen LogP contribution in [0.5, 0.6) is 0 Å². The molecule has 3 aliphatic heterocycles. The van der Waals surface area contributed by atoms with Gasteiger partial charge in [0.05, 0.1) is 17.6 Å². The van der Waals surface area contributed by atoms with Crippen LogP contribution in [0.2, 0.25) is 0 Å². The molecule has 4 unspecified atom stereocenters. The van der Waals surface area contributed by atoms with Crippen LogP contribution in [0, 0.1) is 5.92 Å². The fraction of sp³-hybridized carbons (Fsp3) is 0.571. The molecule has 3 heterocycles. The molecule has 0 bridgehead atoms. The van der Waals surface area contributed by atoms with E-state index in [1.165, 1.54) is 0 Å². The summed E-state index contributed by atoms with van der Waals surface area (Å²) in [6.07, 6.45) is 4.17. The number of benzene rings is 1. The summed E-state index contributed by atoms with van der Waals surface area (Å²) < 4.78 is 5.81. The Hall–Kier alpha value is -2.05. The van der Waals surface area contributed by atoms with Gasteiger partial charge >= 0.3 is 0 Å². The molecule has 27 heavy (non-hydrogen) atoms. The first kappa shape index (κ1) is 18.3. The normalized spacial score (nSPS) is 31.2. The maximum Gasteiger partial charge on any atom is 0.262 e. The molecular weight excluding hydrogens is 342 g/mol. The molecule has 0 aromatic heterocycles. The highest BCUT2D eigenvalue weighted by atomic mass is 16.5. The summed E-state index contributed by atoms with van der Waals surface area (Å²) in [5.74, 6) is -1.24. The Morgan fingerprint density at radius 2 is 1.96 bits per heavy atom. The van der Waals surface area contributed by atoms with Gasteiger partial charge in [0.15, 0.2) is 0 Å². The van der Waals surface area contributed by atoms with E-state index in [2.05, 4.69) is 23.7 Å². The average Bonchev–Trinajstić information content (AvgIpc) is 3.07. The van der Waals surface area contributed by atoms with Crippen molar-refractivity contribution in [2.24, 2.45) is 10.9 Å². The molecule has 2 amide bonds. The summed E-state index contributed by atoms with van der Waals surface area (Å²) in [6.45, 7) is 7.53. The molecular formula is C21H27N3O3. The monoisotopic (exact) mass is 369 g/mol. The van der Waals surface area contributed by atoms with E-state index in [4.69, 9.17) is 4.74 Å². The van der Waals surface area contributed by atoms with Crippen LogP contribution in [0.4, 0.5) is 0 Å². The van der Waals surface area contributed by atoms with Crippen molar-refractivity contribution in [1.82, 2.24) is 9.80 Å². The number of carbonyl (C=O) groups is 2. The van der Waals surface area contributed by atoms with Crippen LogP contribution in [0.15, 0.2) is 29.3 Å². The summed E-state index contributed by atoms with van der Waals surface area (Å²) in [5.41, 5.74) is 0. The van der Waals surface area contributed by atoms with Crippen molar-refractivity contribution in [1.29, 1.82) is 0 Å². The molecule has 4 rings (SSSR count). The number of hydrogen-bond acceptors (Lipinski definition) is 4. The van der Waals surface area contributed by atoms with Gasteiger partial charge in [-0.15, -0.1) is 0 Å². The number of likely N-dealkylation sites (tertiary alicyclic amines) is 1. The van der Waals surface area contributed by atoms with Crippen molar-refractivity contribution < 1.29 is 14.3 Å². The minimum atomic E-state index is -0.789. The number of rotatable bonds is 3. The van der Waals surface area contributed by atoms with Gasteiger partial charge in [-0.05, 0) is 38.0 Å². The van der Waals surface area contributed by atoms with E-state index in [1.54, 1.807) is 6.08 Å². The van der Waals surface area contributed by atoms with Crippen molar-refractivity contribution >= 4 is 17.9 Å². The Bertz CT molecular complexity index is 842. The molecule has 0 aliphatic carbocycles. The van der Waals surface area contributed by atoms with E-state index >= 15 is 0 Å². The molecule has 3 aliphatic rings. The Morgan fingerprint density at radius 3 is 2.74 bits per heavy atom. The minimum Gasteiger partial charge on any atom is -0.373 e. The number of nitrogens with zero attached hydrogens (tertiary/aromatic N) is 3. The van der Waals surface area contributed by atoms with Gasteiger partial charge in [-0.3, -0.25) is 14.5 Å².